The number of hydrogen-bond acceptors (Lipinski definition) is 5. The molecule has 7 nitrogen and oxygen atoms in total. The quantitative estimate of drug-likeness (QED) is 0.567. The third-order valence-electron chi connectivity index (χ3n) is 5.17. The van der Waals surface area contributed by atoms with Crippen LogP contribution in [0.2, 0.25) is 0 Å². The van der Waals surface area contributed by atoms with Crippen LogP contribution in [0.1, 0.15) is 11.1 Å². The Morgan fingerprint density at radius 3 is 2.33 bits per heavy atom. The topological polar surface area (TPSA) is 79.0 Å². The molecular weight excluding hydrogens is 452 g/mol. The number of sulfonamides is 1. The van der Waals surface area contributed by atoms with E-state index in [-0.39, 0.29) is 18.2 Å². The predicted octanol–water partition coefficient (Wildman–Crippen LogP) is 2.57. The number of ether oxygens (including phenoxy) is 1. The molecule has 0 spiro atoms. The zero-order valence-corrected chi connectivity index (χ0v) is 18.9. The minimum Gasteiger partial charge on any atom is -0.435 e. The summed E-state index contributed by atoms with van der Waals surface area (Å²) in [4.78, 5) is 14.1. The van der Waals surface area contributed by atoms with Crippen molar-refractivity contribution in [3.63, 3.8) is 0 Å². The molecule has 1 aliphatic rings. The number of piperazine rings is 1. The van der Waals surface area contributed by atoms with Gasteiger partial charge in [0.15, 0.2) is 0 Å². The zero-order chi connectivity index (χ0) is 23.7. The SMILES string of the molecule is O=C(CN1CCN(S(=O)(=O)/C=C/c2ccccc2)CC1)NCCc1ccc(OC(F)F)cc1. The Morgan fingerprint density at radius 2 is 1.70 bits per heavy atom. The maximum Gasteiger partial charge on any atom is 0.387 e. The van der Waals surface area contributed by atoms with Gasteiger partial charge in [-0.25, -0.2) is 8.42 Å². The fraction of sp³-hybridized carbons (Fsp3) is 0.348. The normalized spacial score (nSPS) is 15.7. The molecule has 1 fully saturated rings. The molecule has 33 heavy (non-hydrogen) atoms. The Hall–Kier alpha value is -2.82. The van der Waals surface area contributed by atoms with Crippen molar-refractivity contribution in [1.82, 2.24) is 14.5 Å². The molecule has 10 heteroatoms. The molecule has 1 aliphatic heterocycles. The third kappa shape index (κ3) is 8.23. The lowest BCUT2D eigenvalue weighted by Gasteiger charge is -2.32. The Balaban J connectivity index is 1.37. The standard InChI is InChI=1S/C23H27F2N3O4S/c24-23(25)32-21-8-6-20(7-9-21)10-12-26-22(29)18-27-13-15-28(16-14-27)33(30,31)17-11-19-4-2-1-3-5-19/h1-9,11,17,23H,10,12-16,18H2,(H,26,29)/b17-11+. The average molecular weight is 480 g/mol. The van der Waals surface area contributed by atoms with E-state index in [1.165, 1.54) is 21.8 Å². The number of hydrogen-bond donors (Lipinski definition) is 1. The number of nitrogens with one attached hydrogen (secondary N) is 1. The van der Waals surface area contributed by atoms with Crippen LogP contribution >= 0.6 is 0 Å². The summed E-state index contributed by atoms with van der Waals surface area (Å²) in [5.41, 5.74) is 1.70. The number of alkyl halides is 2. The minimum atomic E-state index is -3.51. The monoisotopic (exact) mass is 479 g/mol. The number of benzene rings is 2. The number of carbonyl (C=O) groups excluding carboxylic acids is 1. The first-order valence-electron chi connectivity index (χ1n) is 10.6. The van der Waals surface area contributed by atoms with Gasteiger partial charge in [-0.1, -0.05) is 42.5 Å². The Morgan fingerprint density at radius 1 is 1.03 bits per heavy atom. The van der Waals surface area contributed by atoms with Gasteiger partial charge in [0.1, 0.15) is 5.75 Å². The Labute approximate surface area is 192 Å². The van der Waals surface area contributed by atoms with Crippen molar-refractivity contribution in [3.8, 4) is 5.75 Å². The van der Waals surface area contributed by atoms with Gasteiger partial charge in [-0.15, -0.1) is 0 Å². The Bertz CT molecular complexity index is 1020. The summed E-state index contributed by atoms with van der Waals surface area (Å²) in [6.45, 7) is -0.678. The van der Waals surface area contributed by atoms with Gasteiger partial charge in [0, 0.05) is 38.1 Å². The van der Waals surface area contributed by atoms with E-state index in [9.17, 15) is 22.0 Å². The highest BCUT2D eigenvalue weighted by molar-refractivity contribution is 7.92. The van der Waals surface area contributed by atoms with Crippen LogP contribution in [0, 0.1) is 0 Å². The van der Waals surface area contributed by atoms with Crippen molar-refractivity contribution in [2.45, 2.75) is 13.0 Å². The van der Waals surface area contributed by atoms with Gasteiger partial charge in [-0.3, -0.25) is 9.69 Å². The number of rotatable bonds is 10. The smallest absolute Gasteiger partial charge is 0.387 e. The second-order valence-corrected chi connectivity index (χ2v) is 9.37. The summed E-state index contributed by atoms with van der Waals surface area (Å²) < 4.78 is 55.1. The number of carbonyl (C=O) groups is 1. The van der Waals surface area contributed by atoms with Crippen molar-refractivity contribution in [2.24, 2.45) is 0 Å². The summed E-state index contributed by atoms with van der Waals surface area (Å²) in [6.07, 6.45) is 2.13. The second kappa shape index (κ2) is 11.9. The van der Waals surface area contributed by atoms with Gasteiger partial charge in [0.25, 0.3) is 0 Å². The van der Waals surface area contributed by atoms with Crippen LogP contribution < -0.4 is 10.1 Å². The van der Waals surface area contributed by atoms with E-state index < -0.39 is 16.6 Å². The largest absolute Gasteiger partial charge is 0.435 e. The van der Waals surface area contributed by atoms with E-state index in [4.69, 9.17) is 0 Å². The summed E-state index contributed by atoms with van der Waals surface area (Å²) in [5, 5.41) is 4.05. The summed E-state index contributed by atoms with van der Waals surface area (Å²) in [7, 11) is -3.51. The highest BCUT2D eigenvalue weighted by Gasteiger charge is 2.25. The fourth-order valence-electron chi connectivity index (χ4n) is 3.40. The highest BCUT2D eigenvalue weighted by atomic mass is 32.2. The van der Waals surface area contributed by atoms with Crippen LogP contribution in [0.25, 0.3) is 6.08 Å². The van der Waals surface area contributed by atoms with E-state index in [0.717, 1.165) is 11.1 Å². The summed E-state index contributed by atoms with van der Waals surface area (Å²) >= 11 is 0. The predicted molar refractivity (Wildman–Crippen MR) is 122 cm³/mol. The first-order chi connectivity index (χ1) is 15.8. The maximum absolute atomic E-state index is 12.5. The average Bonchev–Trinajstić information content (AvgIpc) is 2.80. The number of amides is 1. The molecule has 0 unspecified atom stereocenters. The molecule has 2 aromatic rings. The van der Waals surface area contributed by atoms with Crippen LogP contribution in [0.4, 0.5) is 8.78 Å². The molecule has 0 aliphatic carbocycles. The van der Waals surface area contributed by atoms with Crippen molar-refractivity contribution < 1.29 is 26.7 Å². The molecule has 1 saturated heterocycles. The molecule has 3 rings (SSSR count). The van der Waals surface area contributed by atoms with E-state index in [1.807, 2.05) is 35.2 Å². The first kappa shape index (κ1) is 24.8. The molecular formula is C23H27F2N3O4S. The van der Waals surface area contributed by atoms with Crippen LogP contribution in [-0.2, 0) is 21.2 Å². The van der Waals surface area contributed by atoms with Crippen molar-refractivity contribution in [3.05, 3.63) is 71.1 Å². The fourth-order valence-corrected chi connectivity index (χ4v) is 4.57. The van der Waals surface area contributed by atoms with Crippen LogP contribution in [-0.4, -0.2) is 69.4 Å². The number of nitrogens with zero attached hydrogens (tertiary/aromatic N) is 2. The molecule has 1 heterocycles. The zero-order valence-electron chi connectivity index (χ0n) is 18.1. The van der Waals surface area contributed by atoms with E-state index in [2.05, 4.69) is 10.1 Å². The van der Waals surface area contributed by atoms with E-state index in [1.54, 1.807) is 18.2 Å². The van der Waals surface area contributed by atoms with Gasteiger partial charge < -0.3 is 10.1 Å². The molecule has 1 N–H and O–H groups in total. The third-order valence-corrected chi connectivity index (χ3v) is 6.74. The molecule has 0 bridgehead atoms. The first-order valence-corrected chi connectivity index (χ1v) is 12.1. The van der Waals surface area contributed by atoms with Crippen molar-refractivity contribution >= 4 is 22.0 Å². The molecule has 178 valence electrons. The van der Waals surface area contributed by atoms with Crippen LogP contribution in [0.3, 0.4) is 0 Å². The Kier molecular flexibility index (Phi) is 8.93. The summed E-state index contributed by atoms with van der Waals surface area (Å²) in [5.74, 6) is -0.0533. The van der Waals surface area contributed by atoms with Crippen molar-refractivity contribution in [2.75, 3.05) is 39.3 Å². The van der Waals surface area contributed by atoms with Crippen LogP contribution in [0.15, 0.2) is 60.0 Å². The van der Waals surface area contributed by atoms with E-state index >= 15 is 0 Å². The second-order valence-electron chi connectivity index (χ2n) is 7.56. The lowest BCUT2D eigenvalue weighted by molar-refractivity contribution is -0.122. The lowest BCUT2D eigenvalue weighted by Crippen LogP contribution is -2.50. The van der Waals surface area contributed by atoms with Crippen molar-refractivity contribution in [1.29, 1.82) is 0 Å². The molecule has 2 aromatic carbocycles. The molecule has 0 radical (unpaired) electrons. The van der Waals surface area contributed by atoms with Gasteiger partial charge in [-0.05, 0) is 35.8 Å². The van der Waals surface area contributed by atoms with Gasteiger partial charge in [-0.2, -0.15) is 13.1 Å². The van der Waals surface area contributed by atoms with Gasteiger partial charge in [0.2, 0.25) is 15.9 Å². The molecule has 0 atom stereocenters. The highest BCUT2D eigenvalue weighted by Crippen LogP contribution is 2.15. The van der Waals surface area contributed by atoms with Crippen LogP contribution in [0.5, 0.6) is 5.75 Å². The minimum absolute atomic E-state index is 0.0921. The maximum atomic E-state index is 12.5. The number of halogens is 2. The van der Waals surface area contributed by atoms with Gasteiger partial charge in [0.05, 0.1) is 6.54 Å². The molecule has 0 saturated carbocycles. The lowest BCUT2D eigenvalue weighted by atomic mass is 10.1. The van der Waals surface area contributed by atoms with E-state index in [0.29, 0.717) is 39.1 Å². The molecule has 0 aromatic heterocycles. The molecule has 1 amide bonds. The van der Waals surface area contributed by atoms with Gasteiger partial charge >= 0.3 is 6.61 Å². The summed E-state index contributed by atoms with van der Waals surface area (Å²) in [6, 6.07) is 15.5.